The molecule has 0 aliphatic rings. The minimum Gasteiger partial charge on any atom is -0.493 e. The van der Waals surface area contributed by atoms with Crippen molar-refractivity contribution >= 4 is 154 Å². The lowest BCUT2D eigenvalue weighted by molar-refractivity contribution is 0.264. The molecule has 0 amide bonds. The summed E-state index contributed by atoms with van der Waals surface area (Å²) in [5.74, 6) is 7.49. The molecule has 11 heterocycles. The van der Waals surface area contributed by atoms with E-state index in [1.54, 1.807) is 77.8 Å². The zero-order chi connectivity index (χ0) is 95.1. The Labute approximate surface area is 839 Å². The summed E-state index contributed by atoms with van der Waals surface area (Å²) >= 11 is 0. The van der Waals surface area contributed by atoms with E-state index < -0.39 is 0 Å². The van der Waals surface area contributed by atoms with E-state index in [-0.39, 0.29) is 187 Å². The van der Waals surface area contributed by atoms with Gasteiger partial charge in [-0.3, -0.25) is 19.9 Å². The van der Waals surface area contributed by atoms with E-state index in [0.717, 1.165) is 128 Å². The number of nitrogens with one attached hydrogen (secondary N) is 5. The Balaban J connectivity index is 0.000000357. The molecule has 752 valence electrons. The molecule has 0 aliphatic heterocycles. The number of nitrogens with two attached hydrogens (primary N) is 5. The first-order valence-electron chi connectivity index (χ1n) is 44.2. The summed E-state index contributed by atoms with van der Waals surface area (Å²) in [5, 5.41) is 67.9. The average Bonchev–Trinajstić information content (AvgIpc) is 1.44. The Hall–Kier alpha value is -12.6. The molecule has 0 saturated heterocycles. The second kappa shape index (κ2) is 64.5. The maximum atomic E-state index is 9.61. The van der Waals surface area contributed by atoms with Gasteiger partial charge in [-0.2, -0.15) is 92.4 Å². The predicted molar refractivity (Wildman–Crippen MR) is 565 cm³/mol. The number of pyridine rings is 5. The lowest BCUT2D eigenvalue weighted by Crippen LogP contribution is -2.25. The van der Waals surface area contributed by atoms with Crippen LogP contribution >= 0.6 is 67.5 Å². The Morgan fingerprint density at radius 1 is 0.319 bits per heavy atom. The minimum atomic E-state index is -0.152. The number of aromatic nitrogens is 16. The fourth-order valence-corrected chi connectivity index (χ4v) is 13.6. The van der Waals surface area contributed by atoms with E-state index in [9.17, 15) is 25.5 Å². The van der Waals surface area contributed by atoms with Crippen molar-refractivity contribution in [3.05, 3.63) is 188 Å². The molecule has 0 fully saturated rings. The van der Waals surface area contributed by atoms with Crippen molar-refractivity contribution in [3.63, 3.8) is 0 Å². The van der Waals surface area contributed by atoms with Crippen molar-refractivity contribution < 1.29 is 68.2 Å². The highest BCUT2D eigenvalue weighted by Gasteiger charge is 2.23. The second-order valence-corrected chi connectivity index (χ2v) is 30.2. The number of hydrogen-bond acceptors (Lipinski definition) is 39. The first-order valence-corrected chi connectivity index (χ1v) is 44.2. The second-order valence-electron chi connectivity index (χ2n) is 30.2. The molecule has 0 aliphatic carbocycles. The monoisotopic (exact) mass is 2000 g/mol. The molecule has 0 unspecified atom stereocenters. The molecule has 0 saturated carbocycles. The molecule has 0 radical (unpaired) electrons. The number of anilines is 10. The summed E-state index contributed by atoms with van der Waals surface area (Å²) in [6.45, 7) is 11.6. The molecule has 45 heteroatoms. The number of benzene rings is 2. The van der Waals surface area contributed by atoms with Crippen LogP contribution in [0.4, 0.5) is 58.8 Å². The number of imidazole rings is 1. The molecule has 40 nitrogen and oxygen atoms in total. The number of fused-ring (bicyclic) bond motifs is 3. The number of nitrogens with zero attached hydrogens (tertiary/aromatic N) is 16. The van der Waals surface area contributed by atoms with Gasteiger partial charge in [0.2, 0.25) is 29.7 Å². The van der Waals surface area contributed by atoms with Gasteiger partial charge in [0.15, 0.2) is 80.8 Å². The Morgan fingerprint density at radius 3 is 0.957 bits per heavy atom. The smallest absolute Gasteiger partial charge is 0.222 e. The van der Waals surface area contributed by atoms with Crippen LogP contribution in [0.1, 0.15) is 153 Å². The van der Waals surface area contributed by atoms with E-state index in [1.807, 2.05) is 103 Å². The van der Waals surface area contributed by atoms with Crippen molar-refractivity contribution in [3.8, 4) is 51.7 Å². The topological polar surface area (TPSA) is 572 Å². The van der Waals surface area contributed by atoms with E-state index in [2.05, 4.69) is 129 Å². The van der Waals surface area contributed by atoms with E-state index in [1.165, 1.54) is 18.6 Å². The van der Waals surface area contributed by atoms with Gasteiger partial charge in [-0.05, 0) is 73.6 Å². The minimum absolute atomic E-state index is 0. The van der Waals surface area contributed by atoms with Crippen molar-refractivity contribution in [2.24, 2.45) is 0 Å². The number of aliphatic hydroxyl groups excluding tert-OH is 5. The molecule has 0 bridgehead atoms. The van der Waals surface area contributed by atoms with Crippen LogP contribution in [0.25, 0.3) is 27.2 Å². The van der Waals surface area contributed by atoms with Gasteiger partial charge in [-0.25, -0.2) is 29.9 Å². The molecule has 20 N–H and O–H groups in total. The number of methoxy groups -OCH3 is 4. The molecule has 0 spiro atoms. The first kappa shape index (κ1) is 118. The molecular formula is C93H136N26O14S5. The fourth-order valence-electron chi connectivity index (χ4n) is 13.6. The number of rotatable bonds is 48. The SMILES string of the molecule is CCCC[C@@H](CCO)Nc1nc(N)ncc1OCc1nccc2ccccc12.CCCC[C@@H](CO)Nc1nc(N)ncc1OCc1nccc(OC)c1OC.CCCC[C@@H](CO)Nc1nc(N)ncc1OCc1nccc2ccccc12.CCC[C@@H](CO)Nc1nc(N)ncc1OCc1cn2ccccc2n1.CCC[C@@H](CO)Nc1nc(N)ncc1OCc1nccc(OC)c1OC.S.S.S.S.S. The van der Waals surface area contributed by atoms with Crippen LogP contribution in [0, 0.1) is 0 Å². The zero-order valence-corrected chi connectivity index (χ0v) is 84.3. The summed E-state index contributed by atoms with van der Waals surface area (Å²) < 4.78 is 52.6. The fraction of sp³-hybridized carbons (Fsp3) is 0.409. The molecule has 138 heavy (non-hydrogen) atoms. The van der Waals surface area contributed by atoms with Gasteiger partial charge >= 0.3 is 0 Å². The third kappa shape index (κ3) is 37.0. The summed E-state index contributed by atoms with van der Waals surface area (Å²) in [6, 6.07) is 28.8. The van der Waals surface area contributed by atoms with Crippen molar-refractivity contribution in [2.75, 3.05) is 117 Å². The lowest BCUT2D eigenvalue weighted by Gasteiger charge is -2.20. The summed E-state index contributed by atoms with van der Waals surface area (Å²) in [7, 11) is 6.20. The van der Waals surface area contributed by atoms with Crippen LogP contribution < -0.4 is 97.9 Å². The zero-order valence-electron chi connectivity index (χ0n) is 79.3. The summed E-state index contributed by atoms with van der Waals surface area (Å²) in [5.41, 5.74) is 33.1. The van der Waals surface area contributed by atoms with Gasteiger partial charge in [-0.1, -0.05) is 141 Å². The standard InChI is InChI=1S/C21H27N5O2.C20H25N5O2.C18H27N5O4.C17H22N6O2.C17H25N5O4.5H2S/c1-2-3-7-16(10-12-27)25-20-19(13-24-21(22)26-20)28-14-18-17-8-5-4-6-15(17)9-11-23-18;1-2-3-7-15(12-26)24-19-18(11-23-20(21)25-19)27-13-17-16-8-5-4-6-14(16)9-10-22-17;1-4-5-6-12(10-24)22-17-15(9-21-18(19)23-17)27-11-13-16(26-3)14(25-2)7-8-20-13;1-2-5-12(10-24)21-16-14(8-19-17(18)22-16)25-11-13-9-23-7-4-3-6-15(23)20-13;1-4-5-11(9-23)21-16-14(8-20-17(18)22-16)26-10-12-15(25-3)13(24-2)6-7-19-12;;;;;/h4-6,8-9,11,13,16,27H,2-3,7,10,12,14H2,1H3,(H3,22,24,25,26);4-6,8-11,15,26H,2-3,7,12-13H2,1H3,(H3,21,23,24,25);7-9,12,24H,4-6,10-11H2,1-3H3,(H3,19,21,22,23);3-4,6-9,12,24H,2,5,10-11H2,1H3,(H3,18,19,21,22);6-8,11,23H,4-5,9-10H2,1-3H3,(H3,18,20,21,22);5*1H2/t16-;15-;2*12-;11-;;;;;/m00000...../s1. The molecule has 13 rings (SSSR count). The first-order chi connectivity index (χ1) is 64.8. The van der Waals surface area contributed by atoms with Gasteiger partial charge in [0.05, 0.1) is 127 Å². The molecule has 11 aromatic heterocycles. The van der Waals surface area contributed by atoms with Crippen LogP contribution in [-0.4, -0.2) is 196 Å². The maximum Gasteiger partial charge on any atom is 0.222 e. The molecule has 5 atom stereocenters. The van der Waals surface area contributed by atoms with Crippen LogP contribution in [0.3, 0.4) is 0 Å². The Morgan fingerprint density at radius 2 is 0.630 bits per heavy atom. The lowest BCUT2D eigenvalue weighted by atomic mass is 10.1. The normalized spacial score (nSPS) is 11.5. The average molecular weight is 2000 g/mol. The highest BCUT2D eigenvalue weighted by Crippen LogP contribution is 2.36. The molecular weight excluding hydrogens is 1870 g/mol. The Bertz CT molecular complexity index is 5630. The van der Waals surface area contributed by atoms with Gasteiger partial charge in [-0.15, -0.1) is 0 Å². The molecule has 13 aromatic rings. The Kier molecular flexibility index (Phi) is 55.0. The number of hydrogen-bond donors (Lipinski definition) is 15. The largest absolute Gasteiger partial charge is 0.493 e. The van der Waals surface area contributed by atoms with Crippen molar-refractivity contribution in [1.29, 1.82) is 0 Å². The number of unbranched alkanes of at least 4 members (excludes halogenated alkanes) is 3. The van der Waals surface area contributed by atoms with Gasteiger partial charge in [0.1, 0.15) is 50.1 Å². The van der Waals surface area contributed by atoms with Crippen LogP contribution in [0.15, 0.2) is 159 Å². The van der Waals surface area contributed by atoms with Crippen LogP contribution in [0.2, 0.25) is 0 Å². The highest BCUT2D eigenvalue weighted by atomic mass is 32.1. The van der Waals surface area contributed by atoms with Gasteiger partial charge in [0, 0.05) is 72.7 Å². The highest BCUT2D eigenvalue weighted by molar-refractivity contribution is 7.60. The van der Waals surface area contributed by atoms with E-state index in [0.29, 0.717) is 105 Å². The molecule has 2 aromatic carbocycles. The van der Waals surface area contributed by atoms with Crippen LogP contribution in [0.5, 0.6) is 51.7 Å². The third-order valence-electron chi connectivity index (χ3n) is 20.4. The predicted octanol–water partition coefficient (Wildman–Crippen LogP) is 12.7. The van der Waals surface area contributed by atoms with Crippen LogP contribution in [-0.2, 0) is 33.0 Å². The number of aliphatic hydroxyl groups is 5. The van der Waals surface area contributed by atoms with Crippen molar-refractivity contribution in [1.82, 2.24) is 79.2 Å². The summed E-state index contributed by atoms with van der Waals surface area (Å²) in [4.78, 5) is 63.1. The number of nitrogen functional groups attached to an aromatic ring is 5. The quantitative estimate of drug-likeness (QED) is 0.0168. The third-order valence-corrected chi connectivity index (χ3v) is 20.4. The maximum absolute atomic E-state index is 9.61. The van der Waals surface area contributed by atoms with Gasteiger partial charge in [0.25, 0.3) is 0 Å². The van der Waals surface area contributed by atoms with Crippen molar-refractivity contribution in [2.45, 2.75) is 188 Å². The summed E-state index contributed by atoms with van der Waals surface area (Å²) in [6.07, 6.45) is 31.1. The number of ether oxygens (including phenoxy) is 9. The van der Waals surface area contributed by atoms with E-state index >= 15 is 0 Å². The van der Waals surface area contributed by atoms with E-state index in [4.69, 9.17) is 71.3 Å². The van der Waals surface area contributed by atoms with Gasteiger partial charge < -0.3 is 128 Å².